The van der Waals surface area contributed by atoms with Crippen molar-refractivity contribution in [1.82, 2.24) is 0 Å². The zero-order chi connectivity index (χ0) is 32.0. The first-order valence-corrected chi connectivity index (χ1v) is 14.9. The Balaban J connectivity index is 2.10. The lowest BCUT2D eigenvalue weighted by molar-refractivity contribution is -0.267. The van der Waals surface area contributed by atoms with E-state index in [1.165, 1.54) is 13.8 Å². The summed E-state index contributed by atoms with van der Waals surface area (Å²) in [5.74, 6) is -3.50. The third-order valence-corrected chi connectivity index (χ3v) is 10.2. The Morgan fingerprint density at radius 2 is 1.60 bits per heavy atom. The van der Waals surface area contributed by atoms with E-state index >= 15 is 0 Å². The van der Waals surface area contributed by atoms with Crippen LogP contribution in [-0.2, 0) is 28.6 Å². The number of rotatable bonds is 7. The molecule has 2 fully saturated rings. The molecular formula is C34H44O9. The van der Waals surface area contributed by atoms with Crippen molar-refractivity contribution >= 4 is 23.7 Å². The molecule has 0 spiro atoms. The van der Waals surface area contributed by atoms with Gasteiger partial charge in [-0.2, -0.15) is 0 Å². The minimum atomic E-state index is -2.03. The molecule has 0 radical (unpaired) electrons. The molecule has 43 heavy (non-hydrogen) atoms. The molecule has 2 bridgehead atoms. The molecule has 9 nitrogen and oxygen atoms in total. The third-order valence-electron chi connectivity index (χ3n) is 10.2. The van der Waals surface area contributed by atoms with E-state index in [1.54, 1.807) is 57.2 Å². The molecule has 0 aromatic heterocycles. The molecule has 0 amide bonds. The van der Waals surface area contributed by atoms with Crippen LogP contribution in [0.5, 0.6) is 0 Å². The molecule has 0 saturated heterocycles. The van der Waals surface area contributed by atoms with Crippen molar-refractivity contribution in [3.05, 3.63) is 59.7 Å². The molecule has 2 N–H and O–H groups in total. The fourth-order valence-corrected chi connectivity index (χ4v) is 8.13. The highest BCUT2D eigenvalue weighted by atomic mass is 16.6. The van der Waals surface area contributed by atoms with Crippen molar-refractivity contribution in [2.75, 3.05) is 0 Å². The summed E-state index contributed by atoms with van der Waals surface area (Å²) in [6.07, 6.45) is -0.710. The maximum Gasteiger partial charge on any atom is 0.338 e. The monoisotopic (exact) mass is 596 g/mol. The summed E-state index contributed by atoms with van der Waals surface area (Å²) in [6, 6.07) is 8.31. The number of hydrogen-bond donors (Lipinski definition) is 2. The van der Waals surface area contributed by atoms with Gasteiger partial charge in [-0.3, -0.25) is 14.4 Å². The topological polar surface area (TPSA) is 136 Å². The van der Waals surface area contributed by atoms with Crippen molar-refractivity contribution in [2.24, 2.45) is 16.7 Å². The van der Waals surface area contributed by atoms with Crippen LogP contribution in [-0.4, -0.2) is 63.4 Å². The highest BCUT2D eigenvalue weighted by Crippen LogP contribution is 2.63. The summed E-state index contributed by atoms with van der Waals surface area (Å²) in [5.41, 5.74) is -5.28. The van der Waals surface area contributed by atoms with Gasteiger partial charge < -0.3 is 24.4 Å². The lowest BCUT2D eigenvalue weighted by Gasteiger charge is -2.64. The largest absolute Gasteiger partial charge is 0.458 e. The molecule has 9 heteroatoms. The second kappa shape index (κ2) is 11.7. The van der Waals surface area contributed by atoms with Gasteiger partial charge in [-0.15, -0.1) is 6.58 Å². The number of fused-ring (bicyclic) bond motifs is 3. The average Bonchev–Trinajstić information content (AvgIpc) is 2.92. The summed E-state index contributed by atoms with van der Waals surface area (Å²) < 4.78 is 18.3. The smallest absolute Gasteiger partial charge is 0.338 e. The van der Waals surface area contributed by atoms with E-state index in [-0.39, 0.29) is 17.6 Å². The minimum Gasteiger partial charge on any atom is -0.458 e. The van der Waals surface area contributed by atoms with E-state index in [2.05, 4.69) is 6.58 Å². The Bertz CT molecular complexity index is 1330. The highest BCUT2D eigenvalue weighted by molar-refractivity contribution is 5.98. The van der Waals surface area contributed by atoms with Crippen molar-refractivity contribution in [3.8, 4) is 0 Å². The normalized spacial score (nSPS) is 35.1. The first-order chi connectivity index (χ1) is 20.0. The van der Waals surface area contributed by atoms with Crippen LogP contribution in [0.3, 0.4) is 0 Å². The van der Waals surface area contributed by atoms with Crippen LogP contribution in [0, 0.1) is 16.7 Å². The number of carbonyl (C=O) groups excluding carboxylic acids is 4. The van der Waals surface area contributed by atoms with Gasteiger partial charge in [0.1, 0.15) is 17.8 Å². The highest BCUT2D eigenvalue weighted by Gasteiger charge is 2.71. The van der Waals surface area contributed by atoms with Gasteiger partial charge in [0.25, 0.3) is 0 Å². The lowest BCUT2D eigenvalue weighted by Crippen LogP contribution is -2.73. The van der Waals surface area contributed by atoms with Crippen LogP contribution >= 0.6 is 0 Å². The molecule has 3 aliphatic carbocycles. The fraction of sp³-hybridized carbons (Fsp3) is 0.588. The standard InChI is InChI=1S/C34H44O9/c1-8-9-17-33(39)18-13-16-32(7)27(33)29(43-30(38)23-14-11-10-12-15-23)34(40)19-24(37)20(2)25(31(34,5)6)26(41-21(3)35)28(32)42-22(4)36/h8,10-12,14-15,26-29,39-40H,1,9,13,16-19H2,2-7H3/t26-,27+,28+,29+,32-,33+,34-/m1/s1. The molecule has 2 saturated carbocycles. The SMILES string of the molecule is C=CCC[C@]1(O)CCC[C@]2(C)[C@@H]1[C@H](OC(=O)c1ccccc1)[C@]1(O)CC(=O)C(C)=C([C@@H](OC(C)=O)[C@@H]2OC(C)=O)C1(C)C. The predicted molar refractivity (Wildman–Crippen MR) is 158 cm³/mol. The number of allylic oxidation sites excluding steroid dienone is 2. The molecule has 1 aromatic rings. The van der Waals surface area contributed by atoms with Crippen molar-refractivity contribution in [2.45, 2.75) is 110 Å². The Morgan fingerprint density at radius 1 is 0.977 bits per heavy atom. The van der Waals surface area contributed by atoms with E-state index in [4.69, 9.17) is 14.2 Å². The number of Topliss-reactive ketones (excluding diaryl/α,β-unsaturated/α-hetero) is 1. The van der Waals surface area contributed by atoms with E-state index in [0.717, 1.165) is 0 Å². The van der Waals surface area contributed by atoms with Crippen LogP contribution in [0.1, 0.15) is 90.4 Å². The van der Waals surface area contributed by atoms with Gasteiger partial charge in [0.2, 0.25) is 0 Å². The Hall–Kier alpha value is -3.30. The van der Waals surface area contributed by atoms with E-state index in [9.17, 15) is 29.4 Å². The second-order valence-electron chi connectivity index (χ2n) is 13.2. The van der Waals surface area contributed by atoms with Crippen LogP contribution < -0.4 is 0 Å². The quantitative estimate of drug-likeness (QED) is 0.262. The number of ether oxygens (including phenoxy) is 3. The average molecular weight is 597 g/mol. The molecule has 3 aliphatic rings. The first kappa shape index (κ1) is 32.6. The van der Waals surface area contributed by atoms with Gasteiger partial charge in [0.15, 0.2) is 11.9 Å². The van der Waals surface area contributed by atoms with E-state index in [1.807, 2.05) is 6.92 Å². The van der Waals surface area contributed by atoms with Crippen LogP contribution in [0.15, 0.2) is 54.1 Å². The Labute approximate surface area is 253 Å². The van der Waals surface area contributed by atoms with Gasteiger partial charge >= 0.3 is 17.9 Å². The maximum absolute atomic E-state index is 13.8. The first-order valence-electron chi connectivity index (χ1n) is 14.9. The van der Waals surface area contributed by atoms with Crippen LogP contribution in [0.2, 0.25) is 0 Å². The summed E-state index contributed by atoms with van der Waals surface area (Å²) in [6.45, 7) is 13.1. The summed E-state index contributed by atoms with van der Waals surface area (Å²) in [4.78, 5) is 52.8. The molecule has 234 valence electrons. The molecular weight excluding hydrogens is 552 g/mol. The molecule has 0 aliphatic heterocycles. The minimum absolute atomic E-state index is 0.216. The summed E-state index contributed by atoms with van der Waals surface area (Å²) in [7, 11) is 0. The molecule has 7 atom stereocenters. The molecule has 0 heterocycles. The number of hydrogen-bond acceptors (Lipinski definition) is 9. The van der Waals surface area contributed by atoms with Gasteiger partial charge in [-0.1, -0.05) is 45.0 Å². The van der Waals surface area contributed by atoms with Gasteiger partial charge in [-0.25, -0.2) is 4.79 Å². The number of benzene rings is 1. The molecule has 4 rings (SSSR count). The summed E-state index contributed by atoms with van der Waals surface area (Å²) >= 11 is 0. The van der Waals surface area contributed by atoms with Crippen molar-refractivity contribution in [1.29, 1.82) is 0 Å². The fourth-order valence-electron chi connectivity index (χ4n) is 8.13. The lowest BCUT2D eigenvalue weighted by atomic mass is 9.45. The van der Waals surface area contributed by atoms with Crippen molar-refractivity contribution in [3.63, 3.8) is 0 Å². The number of esters is 3. The Morgan fingerprint density at radius 3 is 2.19 bits per heavy atom. The van der Waals surface area contributed by atoms with E-state index in [0.29, 0.717) is 31.3 Å². The maximum atomic E-state index is 13.8. The second-order valence-corrected chi connectivity index (χ2v) is 13.2. The predicted octanol–water partition coefficient (Wildman–Crippen LogP) is 4.64. The van der Waals surface area contributed by atoms with Crippen LogP contribution in [0.4, 0.5) is 0 Å². The van der Waals surface area contributed by atoms with Crippen LogP contribution in [0.25, 0.3) is 0 Å². The number of carbonyl (C=O) groups is 4. The van der Waals surface area contributed by atoms with Gasteiger partial charge in [0.05, 0.1) is 11.2 Å². The Kier molecular flexibility index (Phi) is 8.84. The third kappa shape index (κ3) is 5.46. The van der Waals surface area contributed by atoms with E-state index < -0.39 is 76.4 Å². The van der Waals surface area contributed by atoms with Gasteiger partial charge in [-0.05, 0) is 62.3 Å². The molecule has 0 unspecified atom stereocenters. The zero-order valence-electron chi connectivity index (χ0n) is 26.0. The number of ketones is 1. The molecule has 1 aromatic carbocycles. The number of aliphatic hydroxyl groups is 2. The zero-order valence-corrected chi connectivity index (χ0v) is 26.0. The van der Waals surface area contributed by atoms with Gasteiger partial charge in [0, 0.05) is 37.0 Å². The van der Waals surface area contributed by atoms with Crippen molar-refractivity contribution < 1.29 is 43.6 Å². The summed E-state index contributed by atoms with van der Waals surface area (Å²) in [5, 5.41) is 25.5.